The Morgan fingerprint density at radius 3 is 2.48 bits per heavy atom. The minimum absolute atomic E-state index is 0.0834. The van der Waals surface area contributed by atoms with Crippen LogP contribution in [0.1, 0.15) is 16.8 Å². The number of nitrogens with zero attached hydrogens (tertiary/aromatic N) is 2. The van der Waals surface area contributed by atoms with Crippen molar-refractivity contribution >= 4 is 34.8 Å². The number of aliphatic hydroxyl groups is 1. The summed E-state index contributed by atoms with van der Waals surface area (Å²) >= 11 is 18.7. The molecule has 0 atom stereocenters. The lowest BCUT2D eigenvalue weighted by Gasteiger charge is -2.08. The van der Waals surface area contributed by atoms with E-state index in [1.807, 2.05) is 6.92 Å². The molecule has 0 radical (unpaired) electrons. The van der Waals surface area contributed by atoms with Crippen LogP contribution in [0.4, 0.5) is 0 Å². The zero-order valence-electron chi connectivity index (χ0n) is 11.5. The van der Waals surface area contributed by atoms with E-state index in [1.165, 1.54) is 0 Å². The van der Waals surface area contributed by atoms with Crippen LogP contribution in [0.25, 0.3) is 0 Å². The van der Waals surface area contributed by atoms with Gasteiger partial charge in [0.2, 0.25) is 0 Å². The van der Waals surface area contributed by atoms with E-state index in [4.69, 9.17) is 39.9 Å². The maximum Gasteiger partial charge on any atom is 0.132 e. The van der Waals surface area contributed by atoms with Gasteiger partial charge in [-0.3, -0.25) is 0 Å². The van der Waals surface area contributed by atoms with Crippen molar-refractivity contribution in [3.05, 3.63) is 50.2 Å². The number of aromatic nitrogens is 2. The van der Waals surface area contributed by atoms with Crippen molar-refractivity contribution in [2.24, 2.45) is 0 Å². The third kappa shape index (κ3) is 3.90. The van der Waals surface area contributed by atoms with Crippen molar-refractivity contribution in [3.8, 4) is 0 Å². The van der Waals surface area contributed by atoms with Crippen LogP contribution in [0.15, 0.2) is 18.2 Å². The van der Waals surface area contributed by atoms with E-state index >= 15 is 0 Å². The highest BCUT2D eigenvalue weighted by molar-refractivity contribution is 6.36. The SMILES string of the molecule is Cc1nn(Cc2c(Cl)cccc2Cl)c(Cl)c1CNCCO. The first kappa shape index (κ1) is 16.6. The molecule has 0 aliphatic heterocycles. The molecule has 0 aliphatic rings. The van der Waals surface area contributed by atoms with Crippen LogP contribution in [0.2, 0.25) is 15.2 Å². The van der Waals surface area contributed by atoms with E-state index < -0.39 is 0 Å². The van der Waals surface area contributed by atoms with Gasteiger partial charge >= 0.3 is 0 Å². The summed E-state index contributed by atoms with van der Waals surface area (Å²) in [6, 6.07) is 5.38. The van der Waals surface area contributed by atoms with Crippen LogP contribution in [0, 0.1) is 6.92 Å². The fraction of sp³-hybridized carbons (Fsp3) is 0.357. The van der Waals surface area contributed by atoms with E-state index in [-0.39, 0.29) is 6.61 Å². The second-order valence-electron chi connectivity index (χ2n) is 4.61. The van der Waals surface area contributed by atoms with E-state index in [0.717, 1.165) is 16.8 Å². The van der Waals surface area contributed by atoms with Crippen molar-refractivity contribution in [1.29, 1.82) is 0 Å². The first-order chi connectivity index (χ1) is 10.0. The molecular weight excluding hydrogens is 333 g/mol. The van der Waals surface area contributed by atoms with Crippen LogP contribution in [-0.2, 0) is 13.1 Å². The van der Waals surface area contributed by atoms with E-state index in [1.54, 1.807) is 22.9 Å². The molecule has 21 heavy (non-hydrogen) atoms. The van der Waals surface area contributed by atoms with Gasteiger partial charge in [-0.2, -0.15) is 5.10 Å². The number of hydrogen-bond acceptors (Lipinski definition) is 3. The van der Waals surface area contributed by atoms with Gasteiger partial charge in [0.25, 0.3) is 0 Å². The molecule has 0 saturated carbocycles. The number of benzene rings is 1. The predicted molar refractivity (Wildman–Crippen MR) is 86.3 cm³/mol. The van der Waals surface area contributed by atoms with Gasteiger partial charge in [0, 0.05) is 34.3 Å². The van der Waals surface area contributed by atoms with E-state index in [2.05, 4.69) is 10.4 Å². The predicted octanol–water partition coefficient (Wildman–Crippen LogP) is 3.28. The lowest BCUT2D eigenvalue weighted by molar-refractivity contribution is 0.292. The first-order valence-corrected chi connectivity index (χ1v) is 7.64. The Balaban J connectivity index is 2.23. The fourth-order valence-electron chi connectivity index (χ4n) is 2.02. The number of hydrogen-bond donors (Lipinski definition) is 2. The Labute approximate surface area is 138 Å². The van der Waals surface area contributed by atoms with E-state index in [9.17, 15) is 0 Å². The van der Waals surface area contributed by atoms with Gasteiger partial charge in [0.05, 0.1) is 18.8 Å². The highest BCUT2D eigenvalue weighted by Crippen LogP contribution is 2.27. The lowest BCUT2D eigenvalue weighted by Crippen LogP contribution is -2.17. The first-order valence-electron chi connectivity index (χ1n) is 6.50. The maximum absolute atomic E-state index is 8.80. The van der Waals surface area contributed by atoms with Crippen molar-refractivity contribution < 1.29 is 5.11 Å². The Hall–Kier alpha value is -0.780. The normalized spacial score (nSPS) is 11.1. The molecule has 1 aromatic heterocycles. The number of rotatable bonds is 6. The molecule has 0 bridgehead atoms. The number of halogens is 3. The zero-order valence-corrected chi connectivity index (χ0v) is 13.8. The molecule has 0 fully saturated rings. The molecule has 0 saturated heterocycles. The average molecular weight is 349 g/mol. The minimum atomic E-state index is 0.0834. The van der Waals surface area contributed by atoms with Crippen LogP contribution < -0.4 is 5.32 Å². The summed E-state index contributed by atoms with van der Waals surface area (Å²) in [5.41, 5.74) is 2.54. The summed E-state index contributed by atoms with van der Waals surface area (Å²) in [6.45, 7) is 3.46. The second-order valence-corrected chi connectivity index (χ2v) is 5.79. The summed E-state index contributed by atoms with van der Waals surface area (Å²) in [7, 11) is 0. The van der Waals surface area contributed by atoms with Crippen LogP contribution in [0.5, 0.6) is 0 Å². The van der Waals surface area contributed by atoms with Gasteiger partial charge in [-0.1, -0.05) is 40.9 Å². The largest absolute Gasteiger partial charge is 0.395 e. The van der Waals surface area contributed by atoms with Gasteiger partial charge in [0.15, 0.2) is 0 Å². The van der Waals surface area contributed by atoms with Gasteiger partial charge < -0.3 is 10.4 Å². The average Bonchev–Trinajstić information content (AvgIpc) is 2.70. The molecule has 2 rings (SSSR count). The number of aliphatic hydroxyl groups excluding tert-OH is 1. The number of nitrogens with one attached hydrogen (secondary N) is 1. The molecule has 2 N–H and O–H groups in total. The topological polar surface area (TPSA) is 50.1 Å². The third-order valence-electron chi connectivity index (χ3n) is 3.14. The zero-order chi connectivity index (χ0) is 15.4. The summed E-state index contributed by atoms with van der Waals surface area (Å²) in [6.07, 6.45) is 0. The lowest BCUT2D eigenvalue weighted by atomic mass is 10.2. The molecule has 4 nitrogen and oxygen atoms in total. The minimum Gasteiger partial charge on any atom is -0.395 e. The molecule has 7 heteroatoms. The molecule has 1 heterocycles. The van der Waals surface area contributed by atoms with Crippen LogP contribution >= 0.6 is 34.8 Å². The standard InChI is InChI=1S/C14H16Cl3N3O/c1-9-10(7-18-5-6-21)14(17)20(19-9)8-11-12(15)3-2-4-13(11)16/h2-4,18,21H,5-8H2,1H3. The fourth-order valence-corrected chi connectivity index (χ4v) is 2.84. The van der Waals surface area contributed by atoms with Gasteiger partial charge in [-0.15, -0.1) is 0 Å². The molecule has 2 aromatic rings. The molecule has 0 unspecified atom stereocenters. The number of aryl methyl sites for hydroxylation is 1. The maximum atomic E-state index is 8.80. The van der Waals surface area contributed by atoms with Gasteiger partial charge in [-0.05, 0) is 19.1 Å². The molecule has 0 aliphatic carbocycles. The molecule has 0 amide bonds. The Morgan fingerprint density at radius 1 is 1.19 bits per heavy atom. The molecule has 0 spiro atoms. The highest BCUT2D eigenvalue weighted by Gasteiger charge is 2.15. The molecule has 1 aromatic carbocycles. The van der Waals surface area contributed by atoms with Crippen LogP contribution in [0.3, 0.4) is 0 Å². The second kappa shape index (κ2) is 7.47. The Kier molecular flexibility index (Phi) is 5.90. The van der Waals surface area contributed by atoms with Gasteiger partial charge in [-0.25, -0.2) is 4.68 Å². The monoisotopic (exact) mass is 347 g/mol. The highest BCUT2D eigenvalue weighted by atomic mass is 35.5. The van der Waals surface area contributed by atoms with Crippen molar-refractivity contribution in [1.82, 2.24) is 15.1 Å². The van der Waals surface area contributed by atoms with Gasteiger partial charge in [0.1, 0.15) is 5.15 Å². The summed E-state index contributed by atoms with van der Waals surface area (Å²) < 4.78 is 1.68. The summed E-state index contributed by atoms with van der Waals surface area (Å²) in [4.78, 5) is 0. The quantitative estimate of drug-likeness (QED) is 0.788. The molecule has 114 valence electrons. The van der Waals surface area contributed by atoms with Crippen molar-refractivity contribution in [3.63, 3.8) is 0 Å². The van der Waals surface area contributed by atoms with Crippen LogP contribution in [-0.4, -0.2) is 28.0 Å². The van der Waals surface area contributed by atoms with Crippen molar-refractivity contribution in [2.75, 3.05) is 13.2 Å². The Bertz CT molecular complexity index is 608. The summed E-state index contributed by atoms with van der Waals surface area (Å²) in [5, 5.41) is 18.1. The molecular formula is C14H16Cl3N3O. The van der Waals surface area contributed by atoms with E-state index in [0.29, 0.717) is 34.8 Å². The summed E-state index contributed by atoms with van der Waals surface area (Å²) in [5.74, 6) is 0. The Morgan fingerprint density at radius 2 is 1.86 bits per heavy atom. The van der Waals surface area contributed by atoms with Crippen molar-refractivity contribution in [2.45, 2.75) is 20.0 Å². The smallest absolute Gasteiger partial charge is 0.132 e. The third-order valence-corrected chi connectivity index (χ3v) is 4.27.